The number of allylic oxidation sites excluding steroid dienone is 4. The fourth-order valence-electron chi connectivity index (χ4n) is 12.8. The molecule has 2 unspecified atom stereocenters. The van der Waals surface area contributed by atoms with E-state index in [-0.39, 0.29) is 5.92 Å². The molecule has 9 aromatic carbocycles. The first kappa shape index (κ1) is 52.6. The van der Waals surface area contributed by atoms with Gasteiger partial charge in [0.25, 0.3) is 0 Å². The van der Waals surface area contributed by atoms with E-state index < -0.39 is 56.1 Å². The summed E-state index contributed by atoms with van der Waals surface area (Å²) in [4.78, 5) is 52.0. The van der Waals surface area contributed by atoms with Crippen molar-refractivity contribution >= 4 is 17.9 Å². The van der Waals surface area contributed by atoms with Crippen LogP contribution in [0.2, 0.25) is 4.22 Å². The summed E-state index contributed by atoms with van der Waals surface area (Å²) in [6, 6.07) is 86.4. The molecule has 79 heavy (non-hydrogen) atoms. The van der Waals surface area contributed by atoms with E-state index in [0.717, 1.165) is 17.6 Å². The van der Waals surface area contributed by atoms with Crippen LogP contribution in [0.3, 0.4) is 0 Å². The topological polar surface area (TPSA) is 78.9 Å². The number of benzene rings is 9. The Balaban J connectivity index is 1.26. The van der Waals surface area contributed by atoms with E-state index in [0.29, 0.717) is 62.9 Å². The second-order valence-corrected chi connectivity index (χ2v) is 24.7. The summed E-state index contributed by atoms with van der Waals surface area (Å²) in [6.07, 6.45) is 1.85. The van der Waals surface area contributed by atoms with E-state index in [9.17, 15) is 0 Å². The Morgan fingerprint density at radius 1 is 0.367 bits per heavy atom. The normalized spacial score (nSPS) is 15.7. The Morgan fingerprint density at radius 3 is 0.797 bits per heavy atom. The molecule has 0 aliphatic heterocycles. The number of rotatable bonds is 16. The van der Waals surface area contributed by atoms with Gasteiger partial charge in [-0.1, -0.05) is 0 Å². The van der Waals surface area contributed by atoms with Crippen LogP contribution in [0, 0.1) is 5.92 Å². The summed E-state index contributed by atoms with van der Waals surface area (Å²) < 4.78 is 22.5. The third-order valence-corrected chi connectivity index (χ3v) is 21.1. The van der Waals surface area contributed by atoms with E-state index in [1.165, 1.54) is 11.1 Å². The van der Waals surface area contributed by atoms with Crippen LogP contribution in [0.5, 0.6) is 0 Å². The average molecular weight is 1070 g/mol. The summed E-state index contributed by atoms with van der Waals surface area (Å²) in [5, 5.41) is 0. The van der Waals surface area contributed by atoms with Crippen molar-refractivity contribution in [2.24, 2.45) is 5.92 Å². The predicted octanol–water partition coefficient (Wildman–Crippen LogP) is 15.9. The third kappa shape index (κ3) is 9.13. The van der Waals surface area contributed by atoms with Crippen molar-refractivity contribution in [2.45, 2.75) is 60.5 Å². The maximum absolute atomic E-state index is 17.3. The number of carbonyl (C=O) groups excluding carboxylic acids is 3. The number of carbonyl (C=O) groups is 3. The first-order valence-electron chi connectivity index (χ1n) is 27.3. The van der Waals surface area contributed by atoms with Gasteiger partial charge < -0.3 is 0 Å². The zero-order valence-corrected chi connectivity index (χ0v) is 46.3. The molecule has 2 atom stereocenters. The Hall–Kier alpha value is -8.42. The van der Waals surface area contributed by atoms with E-state index in [4.69, 9.17) is 9.96 Å². The molecule has 0 saturated heterocycles. The molecule has 11 rings (SSSR count). The molecule has 9 aromatic rings. The van der Waals surface area contributed by atoms with Crippen LogP contribution in [-0.4, -0.2) is 17.9 Å². The van der Waals surface area contributed by atoms with Crippen LogP contribution in [0.4, 0.5) is 0 Å². The van der Waals surface area contributed by atoms with Crippen molar-refractivity contribution < 1.29 is 42.1 Å². The van der Waals surface area contributed by atoms with E-state index >= 15 is 14.4 Å². The van der Waals surface area contributed by atoms with Crippen molar-refractivity contribution in [1.82, 2.24) is 0 Å². The summed E-state index contributed by atoms with van der Waals surface area (Å²) in [5.41, 5.74) is 4.84. The molecule has 0 heterocycles. The SMILES string of the molecule is CC1=C(C)C(C)C2=C1[CH]([Ti]([O]C(=O)C(c1ccccc1)(c1ccccc1)c1ccccc1)([O]C(=O)C(c1ccccc1)(c1ccccc1)c1ccccc1)[O]C(=O)C(c1ccccc1)(c1ccccc1)c1ccccc1)CCC2. The van der Waals surface area contributed by atoms with Gasteiger partial charge in [-0.05, 0) is 0 Å². The first-order valence-corrected chi connectivity index (χ1v) is 30.1. The van der Waals surface area contributed by atoms with Gasteiger partial charge in [0.05, 0.1) is 0 Å². The van der Waals surface area contributed by atoms with Crippen LogP contribution >= 0.6 is 0 Å². The molecule has 7 heteroatoms. The van der Waals surface area contributed by atoms with Crippen LogP contribution in [0.25, 0.3) is 0 Å². The van der Waals surface area contributed by atoms with Gasteiger partial charge in [0.15, 0.2) is 0 Å². The number of hydrogen-bond acceptors (Lipinski definition) is 6. The molecule has 2 aliphatic carbocycles. The van der Waals surface area contributed by atoms with Crippen LogP contribution < -0.4 is 0 Å². The molecule has 0 bridgehead atoms. The molecule has 0 amide bonds. The molecule has 6 nitrogen and oxygen atoms in total. The molecule has 0 saturated carbocycles. The molecule has 2 aliphatic rings. The van der Waals surface area contributed by atoms with Crippen LogP contribution in [0.1, 0.15) is 90.1 Å². The Labute approximate surface area is 468 Å². The summed E-state index contributed by atoms with van der Waals surface area (Å²) in [6.45, 7) is 6.47. The first-order chi connectivity index (χ1) is 38.7. The maximum atomic E-state index is 17.3. The summed E-state index contributed by atoms with van der Waals surface area (Å²) in [7, 11) is 0. The van der Waals surface area contributed by atoms with Crippen molar-refractivity contribution in [3.05, 3.63) is 345 Å². The Bertz CT molecular complexity index is 3000. The van der Waals surface area contributed by atoms with Crippen molar-refractivity contribution in [1.29, 1.82) is 0 Å². The van der Waals surface area contributed by atoms with Crippen LogP contribution in [0.15, 0.2) is 295 Å². The van der Waals surface area contributed by atoms with Gasteiger partial charge in [-0.3, -0.25) is 0 Å². The monoisotopic (exact) mass is 1070 g/mol. The minimum absolute atomic E-state index is 0.0474. The van der Waals surface area contributed by atoms with Gasteiger partial charge in [0.1, 0.15) is 0 Å². The van der Waals surface area contributed by atoms with Gasteiger partial charge >= 0.3 is 472 Å². The van der Waals surface area contributed by atoms with Gasteiger partial charge in [-0.15, -0.1) is 0 Å². The van der Waals surface area contributed by atoms with Crippen molar-refractivity contribution in [3.63, 3.8) is 0 Å². The van der Waals surface area contributed by atoms with Gasteiger partial charge in [0, 0.05) is 0 Å². The second-order valence-electron chi connectivity index (χ2n) is 20.7. The zero-order chi connectivity index (χ0) is 54.5. The third-order valence-electron chi connectivity index (χ3n) is 16.7. The molecular formula is C72H62O6Ti. The van der Waals surface area contributed by atoms with Crippen molar-refractivity contribution in [2.75, 3.05) is 0 Å². The van der Waals surface area contributed by atoms with Gasteiger partial charge in [0.2, 0.25) is 0 Å². The molecule has 0 fully saturated rings. The molecule has 0 N–H and O–H groups in total. The van der Waals surface area contributed by atoms with Gasteiger partial charge in [-0.2, -0.15) is 0 Å². The summed E-state index contributed by atoms with van der Waals surface area (Å²) >= 11 is -6.35. The Morgan fingerprint density at radius 2 is 0.582 bits per heavy atom. The molecular weight excluding hydrogens is 1010 g/mol. The molecule has 0 radical (unpaired) electrons. The fourth-order valence-corrected chi connectivity index (χ4v) is 17.6. The van der Waals surface area contributed by atoms with E-state index in [1.54, 1.807) is 0 Å². The summed E-state index contributed by atoms with van der Waals surface area (Å²) in [5.74, 6) is -2.15. The predicted molar refractivity (Wildman–Crippen MR) is 308 cm³/mol. The average Bonchev–Trinajstić information content (AvgIpc) is 3.94. The number of hydrogen-bond donors (Lipinski definition) is 0. The van der Waals surface area contributed by atoms with E-state index in [2.05, 4.69) is 20.8 Å². The zero-order valence-electron chi connectivity index (χ0n) is 44.7. The molecule has 0 spiro atoms. The fraction of sp³-hybridized carbons (Fsp3) is 0.153. The van der Waals surface area contributed by atoms with E-state index in [1.807, 2.05) is 273 Å². The second kappa shape index (κ2) is 22.5. The minimum atomic E-state index is -6.35. The standard InChI is InChI=1S/3C20H16O2.C12H17.Ti/c3*21-19(22)20(16-10-4-1-5-11-16,17-12-6-2-7-13-17)18-14-8-3-9-15-18;1-8-9(2)11-6-4-5-7-12(11)10(8)3;/h3*1-15H,(H,21,22);6,10H,4-5,7H2,1-3H3;/q;;;;+3/p-3. The van der Waals surface area contributed by atoms with Crippen molar-refractivity contribution in [3.8, 4) is 0 Å². The van der Waals surface area contributed by atoms with Crippen LogP contribution in [-0.2, 0) is 58.3 Å². The molecule has 390 valence electrons. The molecule has 0 aromatic heterocycles. The Kier molecular flexibility index (Phi) is 15.0. The quantitative estimate of drug-likeness (QED) is 0.0709. The van der Waals surface area contributed by atoms with Gasteiger partial charge in [-0.25, -0.2) is 0 Å².